The van der Waals surface area contributed by atoms with Crippen molar-refractivity contribution in [3.8, 4) is 0 Å². The molecule has 0 saturated heterocycles. The highest BCUT2D eigenvalue weighted by atomic mass is 15.1. The maximum Gasteiger partial charge on any atom is 0.0795 e. The molecule has 1 nitrogen and oxygen atoms in total. The summed E-state index contributed by atoms with van der Waals surface area (Å²) in [4.78, 5) is 2.49. The van der Waals surface area contributed by atoms with Gasteiger partial charge in [0.25, 0.3) is 0 Å². The van der Waals surface area contributed by atoms with E-state index in [2.05, 4.69) is 79.6 Å². The zero-order valence-electron chi connectivity index (χ0n) is 12.9. The van der Waals surface area contributed by atoms with Crippen LogP contribution in [0.4, 0.5) is 0 Å². The summed E-state index contributed by atoms with van der Waals surface area (Å²) in [6.45, 7) is 5.56. The summed E-state index contributed by atoms with van der Waals surface area (Å²) in [5, 5.41) is 0. The molecule has 1 heterocycles. The van der Waals surface area contributed by atoms with Gasteiger partial charge in [-0.3, -0.25) is 0 Å². The number of hydrogen-bond acceptors (Lipinski definition) is 1. The van der Waals surface area contributed by atoms with Gasteiger partial charge >= 0.3 is 0 Å². The lowest BCUT2D eigenvalue weighted by Crippen LogP contribution is -2.28. The van der Waals surface area contributed by atoms with Gasteiger partial charge in [-0.25, -0.2) is 0 Å². The third kappa shape index (κ3) is 2.87. The van der Waals surface area contributed by atoms with E-state index in [9.17, 15) is 0 Å². The first-order valence-corrected chi connectivity index (χ1v) is 7.81. The van der Waals surface area contributed by atoms with Crippen LogP contribution in [0.15, 0.2) is 60.8 Å². The first-order valence-electron chi connectivity index (χ1n) is 7.81. The number of nitrogens with zero attached hydrogens (tertiary/aromatic N) is 1. The Balaban J connectivity index is 2.11. The molecule has 0 radical (unpaired) electrons. The van der Waals surface area contributed by atoms with E-state index in [0.29, 0.717) is 6.04 Å². The number of rotatable bonds is 3. The number of aryl methyl sites for hydroxylation is 2. The lowest BCUT2D eigenvalue weighted by atomic mass is 9.90. The molecule has 108 valence electrons. The first kappa shape index (κ1) is 13.9. The topological polar surface area (TPSA) is 3.24 Å². The van der Waals surface area contributed by atoms with E-state index in [-0.39, 0.29) is 0 Å². The molecule has 0 aliphatic carbocycles. The smallest absolute Gasteiger partial charge is 0.0795 e. The van der Waals surface area contributed by atoms with Crippen LogP contribution in [0.2, 0.25) is 0 Å². The highest BCUT2D eigenvalue weighted by Crippen LogP contribution is 2.34. The van der Waals surface area contributed by atoms with Gasteiger partial charge in [-0.05, 0) is 55.1 Å². The van der Waals surface area contributed by atoms with Gasteiger partial charge in [0, 0.05) is 6.54 Å². The molecular formula is C20H23N. The van der Waals surface area contributed by atoms with Crippen LogP contribution < -0.4 is 0 Å². The minimum atomic E-state index is 0.323. The Morgan fingerprint density at radius 2 is 1.43 bits per heavy atom. The molecule has 0 N–H and O–H groups in total. The average molecular weight is 277 g/mol. The standard InChI is InChI=1S/C20H23N/c1-16-10-4-6-12-18(16)20(21-14-8-3-9-15-21)19-13-7-5-11-17(19)2/h4-8,10-14,20H,3,9,15H2,1-2H3. The van der Waals surface area contributed by atoms with Crippen LogP contribution in [0, 0.1) is 13.8 Å². The van der Waals surface area contributed by atoms with Crippen LogP contribution in [0.25, 0.3) is 0 Å². The van der Waals surface area contributed by atoms with Gasteiger partial charge in [-0.1, -0.05) is 54.6 Å². The Bertz CT molecular complexity index is 596. The molecule has 3 rings (SSSR count). The third-order valence-corrected chi connectivity index (χ3v) is 4.38. The summed E-state index contributed by atoms with van der Waals surface area (Å²) in [5.74, 6) is 0. The van der Waals surface area contributed by atoms with Gasteiger partial charge in [0.2, 0.25) is 0 Å². The lowest BCUT2D eigenvalue weighted by molar-refractivity contribution is 0.299. The molecule has 0 bridgehead atoms. The fraction of sp³-hybridized carbons (Fsp3) is 0.300. The van der Waals surface area contributed by atoms with Crippen LogP contribution in [0.3, 0.4) is 0 Å². The highest BCUT2D eigenvalue weighted by Gasteiger charge is 2.23. The summed E-state index contributed by atoms with van der Waals surface area (Å²) in [5.41, 5.74) is 5.56. The Hall–Kier alpha value is -2.02. The normalized spacial score (nSPS) is 14.7. The molecular weight excluding hydrogens is 254 g/mol. The largest absolute Gasteiger partial charge is 0.367 e. The summed E-state index contributed by atoms with van der Waals surface area (Å²) in [6, 6.07) is 17.9. The van der Waals surface area contributed by atoms with Crippen LogP contribution in [0.1, 0.15) is 41.1 Å². The molecule has 1 aliphatic heterocycles. The Morgan fingerprint density at radius 3 is 1.90 bits per heavy atom. The van der Waals surface area contributed by atoms with E-state index in [4.69, 9.17) is 0 Å². The molecule has 0 saturated carbocycles. The van der Waals surface area contributed by atoms with Crippen LogP contribution >= 0.6 is 0 Å². The minimum Gasteiger partial charge on any atom is -0.367 e. The first-order chi connectivity index (χ1) is 10.3. The molecule has 0 amide bonds. The van der Waals surface area contributed by atoms with Gasteiger partial charge in [0.05, 0.1) is 6.04 Å². The van der Waals surface area contributed by atoms with Gasteiger partial charge in [0.15, 0.2) is 0 Å². The summed E-state index contributed by atoms with van der Waals surface area (Å²) in [7, 11) is 0. The van der Waals surface area contributed by atoms with Crippen molar-refractivity contribution in [2.75, 3.05) is 6.54 Å². The minimum absolute atomic E-state index is 0.323. The van der Waals surface area contributed by atoms with Crippen LogP contribution in [-0.4, -0.2) is 11.4 Å². The van der Waals surface area contributed by atoms with Crippen molar-refractivity contribution in [1.82, 2.24) is 4.90 Å². The Morgan fingerprint density at radius 1 is 0.857 bits per heavy atom. The molecule has 0 spiro atoms. The van der Waals surface area contributed by atoms with E-state index in [1.54, 1.807) is 0 Å². The van der Waals surface area contributed by atoms with Crippen molar-refractivity contribution in [1.29, 1.82) is 0 Å². The van der Waals surface area contributed by atoms with Crippen molar-refractivity contribution in [3.63, 3.8) is 0 Å². The Labute approximate surface area is 127 Å². The molecule has 0 fully saturated rings. The van der Waals surface area contributed by atoms with Gasteiger partial charge in [-0.2, -0.15) is 0 Å². The molecule has 1 aliphatic rings. The maximum absolute atomic E-state index is 2.49. The van der Waals surface area contributed by atoms with Crippen molar-refractivity contribution in [2.24, 2.45) is 0 Å². The van der Waals surface area contributed by atoms with Gasteiger partial charge < -0.3 is 4.90 Å². The molecule has 0 unspecified atom stereocenters. The molecule has 2 aromatic carbocycles. The van der Waals surface area contributed by atoms with Gasteiger partial charge in [0.1, 0.15) is 0 Å². The SMILES string of the molecule is Cc1ccccc1C(c1ccccc1C)N1C=CCCC1. The zero-order chi connectivity index (χ0) is 14.7. The molecule has 0 aromatic heterocycles. The Kier molecular flexibility index (Phi) is 4.10. The van der Waals surface area contributed by atoms with Crippen molar-refractivity contribution < 1.29 is 0 Å². The predicted octanol–water partition coefficient (Wildman–Crippen LogP) is 5.00. The second-order valence-electron chi connectivity index (χ2n) is 5.88. The summed E-state index contributed by atoms with van der Waals surface area (Å²) >= 11 is 0. The zero-order valence-corrected chi connectivity index (χ0v) is 12.9. The predicted molar refractivity (Wildman–Crippen MR) is 89.3 cm³/mol. The van der Waals surface area contributed by atoms with Crippen LogP contribution in [-0.2, 0) is 0 Å². The monoisotopic (exact) mass is 277 g/mol. The molecule has 2 aromatic rings. The molecule has 21 heavy (non-hydrogen) atoms. The van der Waals surface area contributed by atoms with Crippen molar-refractivity contribution in [3.05, 3.63) is 83.1 Å². The number of allylic oxidation sites excluding steroid dienone is 1. The second kappa shape index (κ2) is 6.17. The highest BCUT2D eigenvalue weighted by molar-refractivity contribution is 5.40. The third-order valence-electron chi connectivity index (χ3n) is 4.38. The van der Waals surface area contributed by atoms with Crippen molar-refractivity contribution >= 4 is 0 Å². The molecule has 0 atom stereocenters. The van der Waals surface area contributed by atoms with Crippen molar-refractivity contribution in [2.45, 2.75) is 32.7 Å². The fourth-order valence-corrected chi connectivity index (χ4v) is 3.20. The van der Waals surface area contributed by atoms with E-state index >= 15 is 0 Å². The second-order valence-corrected chi connectivity index (χ2v) is 5.88. The maximum atomic E-state index is 2.49. The molecule has 1 heteroatoms. The number of hydrogen-bond donors (Lipinski definition) is 0. The van der Waals surface area contributed by atoms with E-state index in [1.165, 1.54) is 35.1 Å². The average Bonchev–Trinajstić information content (AvgIpc) is 2.52. The van der Waals surface area contributed by atoms with Crippen LogP contribution in [0.5, 0.6) is 0 Å². The van der Waals surface area contributed by atoms with E-state index < -0.39 is 0 Å². The van der Waals surface area contributed by atoms with Gasteiger partial charge in [-0.15, -0.1) is 0 Å². The van der Waals surface area contributed by atoms with E-state index in [0.717, 1.165) is 6.54 Å². The summed E-state index contributed by atoms with van der Waals surface area (Å²) < 4.78 is 0. The quantitative estimate of drug-likeness (QED) is 0.763. The lowest BCUT2D eigenvalue weighted by Gasteiger charge is -2.35. The number of benzene rings is 2. The van der Waals surface area contributed by atoms with E-state index in [1.807, 2.05) is 0 Å². The fourth-order valence-electron chi connectivity index (χ4n) is 3.20. The summed E-state index contributed by atoms with van der Waals surface area (Å²) in [6.07, 6.45) is 7.02.